The summed E-state index contributed by atoms with van der Waals surface area (Å²) in [4.78, 5) is 36.1. The van der Waals surface area contributed by atoms with E-state index in [0.717, 1.165) is 4.57 Å². The molecule has 0 atom stereocenters. The van der Waals surface area contributed by atoms with Gasteiger partial charge in [0.1, 0.15) is 17.1 Å². The topological polar surface area (TPSA) is 91.6 Å². The van der Waals surface area contributed by atoms with Crippen molar-refractivity contribution in [2.75, 3.05) is 19.5 Å². The van der Waals surface area contributed by atoms with E-state index in [1.54, 1.807) is 18.2 Å². The van der Waals surface area contributed by atoms with Crippen LogP contribution < -0.4 is 26.0 Å². The van der Waals surface area contributed by atoms with Gasteiger partial charge in [0, 0.05) is 26.4 Å². The number of methoxy groups -OCH3 is 2. The summed E-state index contributed by atoms with van der Waals surface area (Å²) >= 11 is 0. The van der Waals surface area contributed by atoms with Gasteiger partial charge in [-0.1, -0.05) is 0 Å². The van der Waals surface area contributed by atoms with Gasteiger partial charge in [-0.05, 0) is 12.1 Å². The monoisotopic (exact) mass is 319 g/mol. The summed E-state index contributed by atoms with van der Waals surface area (Å²) in [6.45, 7) is 0. The van der Waals surface area contributed by atoms with E-state index in [-0.39, 0.29) is 5.56 Å². The summed E-state index contributed by atoms with van der Waals surface area (Å²) in [5.41, 5.74) is -0.937. The molecule has 8 heteroatoms. The van der Waals surface area contributed by atoms with Gasteiger partial charge < -0.3 is 19.4 Å². The average Bonchev–Trinajstić information content (AvgIpc) is 2.56. The number of hydrogen-bond donors (Lipinski definition) is 1. The summed E-state index contributed by atoms with van der Waals surface area (Å²) in [6.07, 6.45) is 1.20. The number of aryl methyl sites for hydroxylation is 1. The van der Waals surface area contributed by atoms with Crippen molar-refractivity contribution in [3.63, 3.8) is 0 Å². The minimum Gasteiger partial charge on any atom is -0.497 e. The highest BCUT2D eigenvalue weighted by Crippen LogP contribution is 2.29. The Labute approximate surface area is 131 Å². The van der Waals surface area contributed by atoms with Gasteiger partial charge in [0.15, 0.2) is 0 Å². The largest absolute Gasteiger partial charge is 0.497 e. The second kappa shape index (κ2) is 6.39. The minimum absolute atomic E-state index is 0.146. The van der Waals surface area contributed by atoms with Crippen molar-refractivity contribution in [2.45, 2.75) is 0 Å². The Bertz CT molecular complexity index is 866. The average molecular weight is 319 g/mol. The molecule has 8 nitrogen and oxygen atoms in total. The van der Waals surface area contributed by atoms with Crippen LogP contribution in [0.2, 0.25) is 0 Å². The van der Waals surface area contributed by atoms with E-state index in [1.807, 2.05) is 0 Å². The molecule has 0 aliphatic carbocycles. The molecule has 1 amide bonds. The number of anilines is 1. The van der Waals surface area contributed by atoms with Crippen LogP contribution in [0.4, 0.5) is 5.69 Å². The molecule has 0 radical (unpaired) electrons. The van der Waals surface area contributed by atoms with Crippen LogP contribution in [0, 0.1) is 0 Å². The molecule has 0 saturated heterocycles. The number of ether oxygens (including phenoxy) is 2. The fourth-order valence-electron chi connectivity index (χ4n) is 2.06. The van der Waals surface area contributed by atoms with Gasteiger partial charge in [-0.2, -0.15) is 0 Å². The highest BCUT2D eigenvalue weighted by molar-refractivity contribution is 6.04. The first-order chi connectivity index (χ1) is 10.9. The molecule has 0 aliphatic heterocycles. The molecule has 2 aromatic rings. The lowest BCUT2D eigenvalue weighted by Gasteiger charge is -2.12. The van der Waals surface area contributed by atoms with Crippen molar-refractivity contribution >= 4 is 11.6 Å². The molecule has 0 aliphatic rings. The van der Waals surface area contributed by atoms with Gasteiger partial charge in [-0.15, -0.1) is 0 Å². The first kappa shape index (κ1) is 16.3. The zero-order valence-electron chi connectivity index (χ0n) is 13.2. The Morgan fingerprint density at radius 3 is 2.43 bits per heavy atom. The van der Waals surface area contributed by atoms with E-state index in [1.165, 1.54) is 39.1 Å². The maximum Gasteiger partial charge on any atom is 0.330 e. The summed E-state index contributed by atoms with van der Waals surface area (Å²) in [5, 5.41) is 2.60. The lowest BCUT2D eigenvalue weighted by atomic mass is 10.2. The molecule has 1 N–H and O–H groups in total. The number of benzene rings is 1. The fraction of sp³-hybridized carbons (Fsp3) is 0.267. The number of amides is 1. The zero-order valence-corrected chi connectivity index (χ0v) is 13.2. The Kier molecular flexibility index (Phi) is 4.54. The van der Waals surface area contributed by atoms with E-state index in [4.69, 9.17) is 9.47 Å². The highest BCUT2D eigenvalue weighted by atomic mass is 16.5. The van der Waals surface area contributed by atoms with Crippen LogP contribution in [0.5, 0.6) is 11.5 Å². The normalized spacial score (nSPS) is 10.3. The van der Waals surface area contributed by atoms with E-state index >= 15 is 0 Å². The third-order valence-electron chi connectivity index (χ3n) is 3.35. The van der Waals surface area contributed by atoms with Gasteiger partial charge in [0.05, 0.1) is 19.9 Å². The fourth-order valence-corrected chi connectivity index (χ4v) is 2.06. The van der Waals surface area contributed by atoms with Gasteiger partial charge >= 0.3 is 5.69 Å². The molecule has 0 spiro atoms. The van der Waals surface area contributed by atoms with E-state index in [0.29, 0.717) is 17.2 Å². The smallest absolute Gasteiger partial charge is 0.330 e. The molecule has 0 saturated carbocycles. The van der Waals surface area contributed by atoms with E-state index < -0.39 is 17.2 Å². The standard InChI is InChI=1S/C15H17N3O5/c1-17-8-10(14(20)18(2)15(17)21)13(19)16-11-6-5-9(22-3)7-12(11)23-4/h5-8H,1-4H3,(H,16,19). The van der Waals surface area contributed by atoms with Crippen molar-refractivity contribution in [3.05, 3.63) is 50.8 Å². The van der Waals surface area contributed by atoms with E-state index in [9.17, 15) is 14.4 Å². The summed E-state index contributed by atoms with van der Waals surface area (Å²) in [5.74, 6) is 0.321. The summed E-state index contributed by atoms with van der Waals surface area (Å²) < 4.78 is 12.3. The number of nitrogens with one attached hydrogen (secondary N) is 1. The molecule has 1 aromatic heterocycles. The second-order valence-corrected chi connectivity index (χ2v) is 4.82. The number of aromatic nitrogens is 2. The Morgan fingerprint density at radius 1 is 1.13 bits per heavy atom. The van der Waals surface area contributed by atoms with E-state index in [2.05, 4.69) is 5.32 Å². The Hall–Kier alpha value is -3.03. The molecule has 1 aromatic carbocycles. The van der Waals surface area contributed by atoms with Crippen molar-refractivity contribution in [1.29, 1.82) is 0 Å². The number of hydrogen-bond acceptors (Lipinski definition) is 5. The molecule has 122 valence electrons. The SMILES string of the molecule is COc1ccc(NC(=O)c2cn(C)c(=O)n(C)c2=O)c(OC)c1. The molecule has 0 unspecified atom stereocenters. The highest BCUT2D eigenvalue weighted by Gasteiger charge is 2.16. The maximum absolute atomic E-state index is 12.3. The third-order valence-corrected chi connectivity index (χ3v) is 3.35. The Morgan fingerprint density at radius 2 is 1.83 bits per heavy atom. The van der Waals surface area contributed by atoms with Crippen LogP contribution in [-0.4, -0.2) is 29.3 Å². The minimum atomic E-state index is -0.668. The van der Waals surface area contributed by atoms with Gasteiger partial charge in [-0.25, -0.2) is 4.79 Å². The first-order valence-corrected chi connectivity index (χ1v) is 6.69. The molecule has 0 fully saturated rings. The maximum atomic E-state index is 12.3. The van der Waals surface area contributed by atoms with Crippen molar-refractivity contribution < 1.29 is 14.3 Å². The molecule has 1 heterocycles. The van der Waals surface area contributed by atoms with Crippen LogP contribution >= 0.6 is 0 Å². The lowest BCUT2D eigenvalue weighted by molar-refractivity contribution is 0.102. The van der Waals surface area contributed by atoms with Crippen LogP contribution in [-0.2, 0) is 14.1 Å². The predicted molar refractivity (Wildman–Crippen MR) is 84.4 cm³/mol. The van der Waals surface area contributed by atoms with Gasteiger partial charge in [0.25, 0.3) is 11.5 Å². The van der Waals surface area contributed by atoms with Crippen LogP contribution in [0.1, 0.15) is 10.4 Å². The van der Waals surface area contributed by atoms with Crippen LogP contribution in [0.25, 0.3) is 0 Å². The second-order valence-electron chi connectivity index (χ2n) is 4.82. The van der Waals surface area contributed by atoms with Crippen molar-refractivity contribution in [1.82, 2.24) is 9.13 Å². The number of carbonyl (C=O) groups excluding carboxylic acids is 1. The lowest BCUT2D eigenvalue weighted by Crippen LogP contribution is -2.40. The summed E-state index contributed by atoms with van der Waals surface area (Å²) in [6, 6.07) is 4.85. The first-order valence-electron chi connectivity index (χ1n) is 6.69. The number of nitrogens with zero attached hydrogens (tertiary/aromatic N) is 2. The molecule has 23 heavy (non-hydrogen) atoms. The number of carbonyl (C=O) groups is 1. The predicted octanol–water partition coefficient (Wildman–Crippen LogP) is 0.353. The summed E-state index contributed by atoms with van der Waals surface area (Å²) in [7, 11) is 5.75. The number of rotatable bonds is 4. The molecule has 2 rings (SSSR count). The van der Waals surface area contributed by atoms with Crippen LogP contribution in [0.15, 0.2) is 34.0 Å². The Balaban J connectivity index is 2.41. The van der Waals surface area contributed by atoms with Crippen molar-refractivity contribution in [3.8, 4) is 11.5 Å². The third kappa shape index (κ3) is 3.10. The van der Waals surface area contributed by atoms with Crippen LogP contribution in [0.3, 0.4) is 0 Å². The quantitative estimate of drug-likeness (QED) is 0.878. The molecular formula is C15H17N3O5. The van der Waals surface area contributed by atoms with Gasteiger partial charge in [0.2, 0.25) is 0 Å². The van der Waals surface area contributed by atoms with Gasteiger partial charge in [-0.3, -0.25) is 14.2 Å². The van der Waals surface area contributed by atoms with Crippen molar-refractivity contribution in [2.24, 2.45) is 14.1 Å². The zero-order chi connectivity index (χ0) is 17.1. The molecule has 0 bridgehead atoms. The molecular weight excluding hydrogens is 302 g/mol.